The van der Waals surface area contributed by atoms with E-state index < -0.39 is 17.7 Å². The van der Waals surface area contributed by atoms with E-state index in [0.717, 1.165) is 26.9 Å². The van der Waals surface area contributed by atoms with Crippen molar-refractivity contribution in [1.82, 2.24) is 19.4 Å². The summed E-state index contributed by atoms with van der Waals surface area (Å²) in [6.07, 6.45) is 1.77. The van der Waals surface area contributed by atoms with Gasteiger partial charge in [-0.2, -0.15) is 14.3 Å². The first kappa shape index (κ1) is 25.0. The molecule has 0 radical (unpaired) electrons. The molecule has 0 saturated heterocycles. The summed E-state index contributed by atoms with van der Waals surface area (Å²) in [6.45, 7) is 0. The number of ether oxygens (including phenoxy) is 1. The van der Waals surface area contributed by atoms with E-state index in [9.17, 15) is 9.59 Å². The molecule has 10 heteroatoms. The molecule has 5 aromatic rings. The Morgan fingerprint density at radius 1 is 0.865 bits per heavy atom. The molecule has 0 fully saturated rings. The molecular formula is C27H19Cl3N4O3. The minimum Gasteiger partial charge on any atom is -0.467 e. The molecule has 0 aliphatic heterocycles. The lowest BCUT2D eigenvalue weighted by molar-refractivity contribution is -0.145. The number of hydrogen-bond acceptors (Lipinski definition) is 5. The van der Waals surface area contributed by atoms with Crippen molar-refractivity contribution in [1.29, 1.82) is 0 Å². The van der Waals surface area contributed by atoms with Crippen LogP contribution in [0.1, 0.15) is 11.6 Å². The lowest BCUT2D eigenvalue weighted by Gasteiger charge is -2.14. The zero-order chi connectivity index (χ0) is 26.1. The predicted octanol–water partition coefficient (Wildman–Crippen LogP) is 6.14. The van der Waals surface area contributed by atoms with E-state index in [1.165, 1.54) is 11.6 Å². The maximum Gasteiger partial charge on any atom is 0.368 e. The second-order valence-electron chi connectivity index (χ2n) is 8.28. The van der Waals surface area contributed by atoms with E-state index in [1.54, 1.807) is 54.7 Å². The second-order valence-corrected chi connectivity index (χ2v) is 9.59. The van der Waals surface area contributed by atoms with Crippen LogP contribution in [0.15, 0.2) is 83.8 Å². The molecule has 0 saturated carbocycles. The van der Waals surface area contributed by atoms with Crippen LogP contribution >= 0.6 is 34.8 Å². The van der Waals surface area contributed by atoms with Gasteiger partial charge >= 0.3 is 11.7 Å². The van der Waals surface area contributed by atoms with Gasteiger partial charge in [0.2, 0.25) is 0 Å². The van der Waals surface area contributed by atoms with Crippen LogP contribution in [0.25, 0.3) is 27.9 Å². The van der Waals surface area contributed by atoms with Gasteiger partial charge in [-0.3, -0.25) is 0 Å². The third kappa shape index (κ3) is 4.98. The van der Waals surface area contributed by atoms with Gasteiger partial charge in [-0.25, -0.2) is 9.59 Å². The molecule has 0 N–H and O–H groups in total. The molecule has 0 aliphatic rings. The Hall–Kier alpha value is -3.65. The molecule has 186 valence electrons. The van der Waals surface area contributed by atoms with Crippen LogP contribution < -0.4 is 5.69 Å². The standard InChI is InChI=1S/C27H19Cl3N4O3/c1-37-26(35)23(14-16-2-8-19(28)9-3-16)33-27(36)34-25(32-33)24(18-6-12-21(30)13-7-18)22(15-31-34)17-4-10-20(29)11-5-17/h2-13,15,23H,14H2,1H3. The SMILES string of the molecule is COC(=O)C(Cc1ccc(Cl)cc1)n1nc2c(-c3ccc(Cl)cc3)c(-c3ccc(Cl)cc3)cnn2c1=O. The molecule has 0 aliphatic carbocycles. The third-order valence-electron chi connectivity index (χ3n) is 5.97. The molecule has 7 nitrogen and oxygen atoms in total. The van der Waals surface area contributed by atoms with Gasteiger partial charge in [-0.05, 0) is 53.1 Å². The molecule has 37 heavy (non-hydrogen) atoms. The Labute approximate surface area is 226 Å². The quantitative estimate of drug-likeness (QED) is 0.236. The van der Waals surface area contributed by atoms with Gasteiger partial charge in [0.25, 0.3) is 0 Å². The number of hydrogen-bond donors (Lipinski definition) is 0. The Kier molecular flexibility index (Phi) is 7.02. The number of halogens is 3. The highest BCUT2D eigenvalue weighted by molar-refractivity contribution is 6.31. The maximum absolute atomic E-state index is 13.5. The fraction of sp³-hybridized carbons (Fsp3) is 0.111. The van der Waals surface area contributed by atoms with Crippen LogP contribution in [0.5, 0.6) is 0 Å². The molecule has 0 amide bonds. The van der Waals surface area contributed by atoms with Crippen LogP contribution in [0.4, 0.5) is 0 Å². The molecule has 2 aromatic heterocycles. The summed E-state index contributed by atoms with van der Waals surface area (Å²) >= 11 is 18.2. The van der Waals surface area contributed by atoms with Crippen molar-refractivity contribution in [2.24, 2.45) is 0 Å². The highest BCUT2D eigenvalue weighted by Gasteiger charge is 2.28. The first-order valence-corrected chi connectivity index (χ1v) is 12.3. The number of rotatable bonds is 6. The van der Waals surface area contributed by atoms with Crippen LogP contribution in [0.3, 0.4) is 0 Å². The molecule has 1 atom stereocenters. The summed E-state index contributed by atoms with van der Waals surface area (Å²) in [7, 11) is 1.27. The summed E-state index contributed by atoms with van der Waals surface area (Å²) in [5.41, 5.74) is 3.48. The molecule has 5 rings (SSSR count). The smallest absolute Gasteiger partial charge is 0.368 e. The molecule has 0 bridgehead atoms. The predicted molar refractivity (Wildman–Crippen MR) is 144 cm³/mol. The van der Waals surface area contributed by atoms with Gasteiger partial charge in [0.1, 0.15) is 0 Å². The van der Waals surface area contributed by atoms with E-state index in [0.29, 0.717) is 20.6 Å². The number of esters is 1. The number of carbonyl (C=O) groups excluding carboxylic acids is 1. The zero-order valence-electron chi connectivity index (χ0n) is 19.4. The van der Waals surface area contributed by atoms with Crippen molar-refractivity contribution in [2.75, 3.05) is 7.11 Å². The second kappa shape index (κ2) is 10.4. The van der Waals surface area contributed by atoms with Crippen molar-refractivity contribution in [2.45, 2.75) is 12.5 Å². The largest absolute Gasteiger partial charge is 0.467 e. The van der Waals surface area contributed by atoms with E-state index in [1.807, 2.05) is 24.3 Å². The van der Waals surface area contributed by atoms with E-state index in [4.69, 9.17) is 39.5 Å². The van der Waals surface area contributed by atoms with Crippen molar-refractivity contribution >= 4 is 46.4 Å². The van der Waals surface area contributed by atoms with E-state index >= 15 is 0 Å². The number of aromatic nitrogens is 4. The summed E-state index contributed by atoms with van der Waals surface area (Å²) in [6, 6.07) is 20.5. The number of methoxy groups -OCH3 is 1. The lowest BCUT2D eigenvalue weighted by Crippen LogP contribution is -2.33. The highest BCUT2D eigenvalue weighted by atomic mass is 35.5. The van der Waals surface area contributed by atoms with Gasteiger partial charge in [-0.15, -0.1) is 5.10 Å². The zero-order valence-corrected chi connectivity index (χ0v) is 21.7. The van der Waals surface area contributed by atoms with Crippen LogP contribution in [-0.2, 0) is 16.0 Å². The first-order chi connectivity index (χ1) is 17.9. The van der Waals surface area contributed by atoms with Gasteiger partial charge in [0.15, 0.2) is 11.7 Å². The Bertz CT molecular complexity index is 1640. The monoisotopic (exact) mass is 552 g/mol. The van der Waals surface area contributed by atoms with Gasteiger partial charge < -0.3 is 4.74 Å². The summed E-state index contributed by atoms with van der Waals surface area (Å²) < 4.78 is 7.33. The fourth-order valence-electron chi connectivity index (χ4n) is 4.14. The minimum absolute atomic E-state index is 0.175. The summed E-state index contributed by atoms with van der Waals surface area (Å²) in [4.78, 5) is 26.3. The van der Waals surface area contributed by atoms with Crippen LogP contribution in [0, 0.1) is 0 Å². The average molecular weight is 554 g/mol. The van der Waals surface area contributed by atoms with Gasteiger partial charge in [0.05, 0.1) is 13.3 Å². The molecule has 2 heterocycles. The topological polar surface area (TPSA) is 78.5 Å². The third-order valence-corrected chi connectivity index (χ3v) is 6.73. The van der Waals surface area contributed by atoms with Crippen molar-refractivity contribution in [3.05, 3.63) is 110 Å². The maximum atomic E-state index is 13.5. The number of carbonyl (C=O) groups is 1. The van der Waals surface area contributed by atoms with Crippen molar-refractivity contribution in [3.63, 3.8) is 0 Å². The minimum atomic E-state index is -1.02. The average Bonchev–Trinajstić information content (AvgIpc) is 3.24. The number of benzene rings is 3. The Morgan fingerprint density at radius 2 is 1.41 bits per heavy atom. The molecular weight excluding hydrogens is 535 g/mol. The summed E-state index contributed by atoms with van der Waals surface area (Å²) in [5.74, 6) is -0.605. The highest BCUT2D eigenvalue weighted by Crippen LogP contribution is 2.35. The number of fused-ring (bicyclic) bond motifs is 1. The molecule has 0 spiro atoms. The van der Waals surface area contributed by atoms with Gasteiger partial charge in [-0.1, -0.05) is 71.2 Å². The normalized spacial score (nSPS) is 12.0. The van der Waals surface area contributed by atoms with Crippen LogP contribution in [0.2, 0.25) is 15.1 Å². The van der Waals surface area contributed by atoms with Crippen molar-refractivity contribution < 1.29 is 9.53 Å². The van der Waals surface area contributed by atoms with E-state index in [2.05, 4.69) is 10.2 Å². The Balaban J connectivity index is 1.73. The van der Waals surface area contributed by atoms with Crippen LogP contribution in [-0.4, -0.2) is 32.5 Å². The van der Waals surface area contributed by atoms with Crippen molar-refractivity contribution in [3.8, 4) is 22.3 Å². The fourth-order valence-corrected chi connectivity index (χ4v) is 4.52. The summed E-state index contributed by atoms with van der Waals surface area (Å²) in [5, 5.41) is 10.7. The number of nitrogens with zero attached hydrogens (tertiary/aromatic N) is 4. The molecule has 1 unspecified atom stereocenters. The lowest BCUT2D eigenvalue weighted by atomic mass is 9.97. The van der Waals surface area contributed by atoms with E-state index in [-0.39, 0.29) is 12.1 Å². The first-order valence-electron chi connectivity index (χ1n) is 11.2. The Morgan fingerprint density at radius 3 is 1.97 bits per heavy atom. The molecule has 3 aromatic carbocycles. The van der Waals surface area contributed by atoms with Gasteiger partial charge in [0, 0.05) is 32.6 Å².